The van der Waals surface area contributed by atoms with Gasteiger partial charge in [0.25, 0.3) is 0 Å². The summed E-state index contributed by atoms with van der Waals surface area (Å²) >= 11 is 0. The third kappa shape index (κ3) is 3.28. The Hall–Kier alpha value is -1.52. The molecule has 2 aromatic rings. The molecule has 1 heterocycles. The lowest BCUT2D eigenvalue weighted by Crippen LogP contribution is -2.20. The molecule has 0 fully saturated rings. The van der Waals surface area contributed by atoms with Crippen LogP contribution in [0.15, 0.2) is 28.7 Å². The van der Waals surface area contributed by atoms with E-state index in [9.17, 15) is 0 Å². The molecule has 104 valence electrons. The molecule has 0 aliphatic rings. The van der Waals surface area contributed by atoms with Gasteiger partial charge in [-0.05, 0) is 38.9 Å². The fourth-order valence-electron chi connectivity index (χ4n) is 2.04. The molecule has 0 spiro atoms. The number of benzene rings is 1. The largest absolute Gasteiger partial charge is 0.490 e. The highest BCUT2D eigenvalue weighted by atomic mass is 16.5. The first-order chi connectivity index (χ1) is 9.26. The number of hydrogen-bond donors (Lipinski definition) is 2. The van der Waals surface area contributed by atoms with Crippen LogP contribution in [0.3, 0.4) is 0 Å². The van der Waals surface area contributed by atoms with Gasteiger partial charge in [-0.3, -0.25) is 0 Å². The van der Waals surface area contributed by atoms with Gasteiger partial charge >= 0.3 is 0 Å². The molecule has 1 aromatic carbocycles. The van der Waals surface area contributed by atoms with E-state index in [1.807, 2.05) is 31.2 Å². The summed E-state index contributed by atoms with van der Waals surface area (Å²) < 4.78 is 11.5. The van der Waals surface area contributed by atoms with E-state index >= 15 is 0 Å². The maximum Gasteiger partial charge on any atom is 0.176 e. The van der Waals surface area contributed by atoms with Crippen LogP contribution in [0.25, 0.3) is 11.0 Å². The van der Waals surface area contributed by atoms with E-state index in [-0.39, 0.29) is 12.6 Å². The third-order valence-corrected chi connectivity index (χ3v) is 3.04. The summed E-state index contributed by atoms with van der Waals surface area (Å²) in [5.74, 6) is 1.67. The van der Waals surface area contributed by atoms with Gasteiger partial charge in [0.15, 0.2) is 11.3 Å². The van der Waals surface area contributed by atoms with E-state index in [0.29, 0.717) is 6.61 Å². The van der Waals surface area contributed by atoms with Crippen LogP contribution >= 0.6 is 0 Å². The Kier molecular flexibility index (Phi) is 4.82. The molecule has 0 saturated carbocycles. The van der Waals surface area contributed by atoms with Crippen molar-refractivity contribution >= 4 is 11.0 Å². The van der Waals surface area contributed by atoms with E-state index in [1.165, 1.54) is 0 Å². The van der Waals surface area contributed by atoms with Crippen LogP contribution in [0, 0.1) is 0 Å². The minimum absolute atomic E-state index is 0.119. The van der Waals surface area contributed by atoms with Crippen molar-refractivity contribution in [1.82, 2.24) is 5.32 Å². The number of fused-ring (bicyclic) bond motifs is 1. The second kappa shape index (κ2) is 6.59. The molecule has 0 aliphatic carbocycles. The molecule has 0 amide bonds. The Balaban J connectivity index is 2.18. The van der Waals surface area contributed by atoms with Crippen LogP contribution in [0.1, 0.15) is 32.1 Å². The van der Waals surface area contributed by atoms with Gasteiger partial charge in [0.05, 0.1) is 12.6 Å². The van der Waals surface area contributed by atoms with Gasteiger partial charge in [0, 0.05) is 12.0 Å². The van der Waals surface area contributed by atoms with Crippen molar-refractivity contribution in [2.45, 2.75) is 26.3 Å². The monoisotopic (exact) mass is 263 g/mol. The number of hydrogen-bond acceptors (Lipinski definition) is 4. The van der Waals surface area contributed by atoms with Crippen LogP contribution in [0.2, 0.25) is 0 Å². The molecule has 1 atom stereocenters. The number of ether oxygens (including phenoxy) is 1. The standard InChI is InChI=1S/C15H21NO3/c1-3-18-13-7-4-6-12-10-14(19-15(12)13)11(2)16-8-5-9-17/h4,6-7,10-11,16-17H,3,5,8-9H2,1-2H3. The molecule has 19 heavy (non-hydrogen) atoms. The van der Waals surface area contributed by atoms with Crippen molar-refractivity contribution < 1.29 is 14.3 Å². The Bertz CT molecular complexity index is 521. The smallest absolute Gasteiger partial charge is 0.176 e. The van der Waals surface area contributed by atoms with Crippen molar-refractivity contribution in [3.63, 3.8) is 0 Å². The molecule has 0 bridgehead atoms. The first kappa shape index (κ1) is 13.9. The molecule has 1 aromatic heterocycles. The van der Waals surface area contributed by atoms with Crippen LogP contribution in [-0.2, 0) is 0 Å². The van der Waals surface area contributed by atoms with Crippen molar-refractivity contribution in [2.24, 2.45) is 0 Å². The molecular formula is C15H21NO3. The van der Waals surface area contributed by atoms with Crippen molar-refractivity contribution in [2.75, 3.05) is 19.8 Å². The predicted molar refractivity (Wildman–Crippen MR) is 75.5 cm³/mol. The molecule has 2 rings (SSSR count). The molecule has 1 unspecified atom stereocenters. The Labute approximate surface area is 113 Å². The van der Waals surface area contributed by atoms with Crippen molar-refractivity contribution in [3.8, 4) is 5.75 Å². The van der Waals surface area contributed by atoms with Gasteiger partial charge in [-0.1, -0.05) is 12.1 Å². The summed E-state index contributed by atoms with van der Waals surface area (Å²) in [6.45, 7) is 5.61. The van der Waals surface area contributed by atoms with Crippen LogP contribution in [0.5, 0.6) is 5.75 Å². The summed E-state index contributed by atoms with van der Waals surface area (Å²) in [6, 6.07) is 8.06. The fourth-order valence-corrected chi connectivity index (χ4v) is 2.04. The summed E-state index contributed by atoms with van der Waals surface area (Å²) in [6.07, 6.45) is 0.745. The molecule has 2 N–H and O–H groups in total. The number of rotatable bonds is 7. The zero-order valence-electron chi connectivity index (χ0n) is 11.5. The molecule has 0 saturated heterocycles. The second-order valence-corrected chi connectivity index (χ2v) is 4.51. The maximum absolute atomic E-state index is 8.78. The minimum atomic E-state index is 0.119. The SMILES string of the molecule is CCOc1cccc2cc(C(C)NCCCO)oc12. The quantitative estimate of drug-likeness (QED) is 0.754. The van der Waals surface area contributed by atoms with E-state index in [0.717, 1.165) is 35.4 Å². The summed E-state index contributed by atoms with van der Waals surface area (Å²) in [4.78, 5) is 0. The van der Waals surface area contributed by atoms with E-state index in [4.69, 9.17) is 14.3 Å². The summed E-state index contributed by atoms with van der Waals surface area (Å²) in [5.41, 5.74) is 0.801. The Morgan fingerprint density at radius 1 is 1.42 bits per heavy atom. The lowest BCUT2D eigenvalue weighted by molar-refractivity contribution is 0.282. The zero-order chi connectivity index (χ0) is 13.7. The number of para-hydroxylation sites is 1. The topological polar surface area (TPSA) is 54.6 Å². The summed E-state index contributed by atoms with van der Waals surface area (Å²) in [5, 5.41) is 13.1. The average molecular weight is 263 g/mol. The Morgan fingerprint density at radius 2 is 2.26 bits per heavy atom. The highest BCUT2D eigenvalue weighted by Gasteiger charge is 2.13. The highest BCUT2D eigenvalue weighted by molar-refractivity contribution is 5.83. The lowest BCUT2D eigenvalue weighted by atomic mass is 10.2. The first-order valence-electron chi connectivity index (χ1n) is 6.75. The number of aliphatic hydroxyl groups is 1. The van der Waals surface area contributed by atoms with Gasteiger partial charge in [0.1, 0.15) is 5.76 Å². The van der Waals surface area contributed by atoms with Gasteiger partial charge in [-0.25, -0.2) is 0 Å². The van der Waals surface area contributed by atoms with Gasteiger partial charge in [-0.2, -0.15) is 0 Å². The molecule has 4 heteroatoms. The zero-order valence-corrected chi connectivity index (χ0v) is 11.5. The summed E-state index contributed by atoms with van der Waals surface area (Å²) in [7, 11) is 0. The van der Waals surface area contributed by atoms with Gasteiger partial charge in [-0.15, -0.1) is 0 Å². The first-order valence-corrected chi connectivity index (χ1v) is 6.75. The van der Waals surface area contributed by atoms with E-state index in [1.54, 1.807) is 0 Å². The van der Waals surface area contributed by atoms with Crippen molar-refractivity contribution in [3.05, 3.63) is 30.0 Å². The second-order valence-electron chi connectivity index (χ2n) is 4.51. The predicted octanol–water partition coefficient (Wildman–Crippen LogP) is 2.86. The van der Waals surface area contributed by atoms with Crippen LogP contribution < -0.4 is 10.1 Å². The highest BCUT2D eigenvalue weighted by Crippen LogP contribution is 2.31. The van der Waals surface area contributed by atoms with Gasteiger partial charge in [0.2, 0.25) is 0 Å². The number of aliphatic hydroxyl groups excluding tert-OH is 1. The maximum atomic E-state index is 8.78. The molecule has 0 radical (unpaired) electrons. The molecule has 4 nitrogen and oxygen atoms in total. The number of furan rings is 1. The molecular weight excluding hydrogens is 242 g/mol. The van der Waals surface area contributed by atoms with E-state index < -0.39 is 0 Å². The van der Waals surface area contributed by atoms with Crippen LogP contribution in [-0.4, -0.2) is 24.9 Å². The lowest BCUT2D eigenvalue weighted by Gasteiger charge is -2.10. The third-order valence-electron chi connectivity index (χ3n) is 3.04. The fraction of sp³-hybridized carbons (Fsp3) is 0.467. The normalized spacial score (nSPS) is 12.8. The number of nitrogens with one attached hydrogen (secondary N) is 1. The minimum Gasteiger partial charge on any atom is -0.490 e. The van der Waals surface area contributed by atoms with Gasteiger partial charge < -0.3 is 19.6 Å². The van der Waals surface area contributed by atoms with E-state index in [2.05, 4.69) is 12.2 Å². The molecule has 0 aliphatic heterocycles. The van der Waals surface area contributed by atoms with Crippen LogP contribution in [0.4, 0.5) is 0 Å². The Morgan fingerprint density at radius 3 is 3.00 bits per heavy atom. The average Bonchev–Trinajstić information content (AvgIpc) is 2.84. The van der Waals surface area contributed by atoms with Crippen molar-refractivity contribution in [1.29, 1.82) is 0 Å².